The maximum Gasteiger partial charge on any atom is 0.416 e. The van der Waals surface area contributed by atoms with E-state index in [1.54, 1.807) is 0 Å². The van der Waals surface area contributed by atoms with Gasteiger partial charge in [0, 0.05) is 18.6 Å². The summed E-state index contributed by atoms with van der Waals surface area (Å²) < 4.78 is 51.4. The lowest BCUT2D eigenvalue weighted by atomic mass is 9.91. The van der Waals surface area contributed by atoms with E-state index in [-0.39, 0.29) is 6.04 Å². The third-order valence-electron chi connectivity index (χ3n) is 4.08. The minimum Gasteiger partial charge on any atom is -0.328 e. The Morgan fingerprint density at radius 3 is 2.33 bits per heavy atom. The smallest absolute Gasteiger partial charge is 0.328 e. The first kappa shape index (κ1) is 16.2. The summed E-state index contributed by atoms with van der Waals surface area (Å²) >= 11 is 0. The van der Waals surface area contributed by atoms with E-state index in [2.05, 4.69) is 0 Å². The summed E-state index contributed by atoms with van der Waals surface area (Å²) in [6.45, 7) is 0.306. The number of hydrogen-bond acceptors (Lipinski definition) is 2. The van der Waals surface area contributed by atoms with Gasteiger partial charge in [0.1, 0.15) is 5.82 Å². The molecule has 118 valence electrons. The van der Waals surface area contributed by atoms with Gasteiger partial charge in [-0.1, -0.05) is 0 Å². The van der Waals surface area contributed by atoms with E-state index in [4.69, 9.17) is 5.73 Å². The Morgan fingerprint density at radius 1 is 1.14 bits per heavy atom. The van der Waals surface area contributed by atoms with Gasteiger partial charge in [-0.05, 0) is 56.5 Å². The van der Waals surface area contributed by atoms with Gasteiger partial charge < -0.3 is 5.73 Å². The van der Waals surface area contributed by atoms with Crippen molar-refractivity contribution in [2.24, 2.45) is 5.73 Å². The molecule has 2 N–H and O–H groups in total. The Kier molecular flexibility index (Phi) is 4.88. The van der Waals surface area contributed by atoms with E-state index in [0.29, 0.717) is 24.2 Å². The van der Waals surface area contributed by atoms with Gasteiger partial charge in [0.25, 0.3) is 0 Å². The average Bonchev–Trinajstić information content (AvgIpc) is 2.37. The summed E-state index contributed by atoms with van der Waals surface area (Å²) in [4.78, 5) is 1.99. The fraction of sp³-hybridized carbons (Fsp3) is 0.600. The highest BCUT2D eigenvalue weighted by atomic mass is 19.4. The number of benzene rings is 1. The van der Waals surface area contributed by atoms with E-state index in [9.17, 15) is 17.6 Å². The van der Waals surface area contributed by atoms with Crippen LogP contribution in [0.5, 0.6) is 0 Å². The van der Waals surface area contributed by atoms with Crippen LogP contribution in [0.2, 0.25) is 0 Å². The topological polar surface area (TPSA) is 29.3 Å². The van der Waals surface area contributed by atoms with Gasteiger partial charge in [0.15, 0.2) is 0 Å². The molecule has 6 heteroatoms. The number of nitrogens with two attached hydrogens (primary N) is 1. The van der Waals surface area contributed by atoms with Crippen molar-refractivity contribution < 1.29 is 17.6 Å². The van der Waals surface area contributed by atoms with Gasteiger partial charge in [-0.25, -0.2) is 4.39 Å². The van der Waals surface area contributed by atoms with Crippen LogP contribution in [-0.2, 0) is 12.7 Å². The van der Waals surface area contributed by atoms with Crippen LogP contribution in [0.25, 0.3) is 0 Å². The van der Waals surface area contributed by atoms with Crippen molar-refractivity contribution >= 4 is 0 Å². The molecule has 1 aliphatic carbocycles. The number of hydrogen-bond donors (Lipinski definition) is 1. The van der Waals surface area contributed by atoms with Crippen molar-refractivity contribution in [3.8, 4) is 0 Å². The van der Waals surface area contributed by atoms with Crippen molar-refractivity contribution in [2.75, 3.05) is 7.05 Å². The van der Waals surface area contributed by atoms with Gasteiger partial charge in [-0.2, -0.15) is 13.2 Å². The third-order valence-corrected chi connectivity index (χ3v) is 4.08. The highest BCUT2D eigenvalue weighted by molar-refractivity contribution is 5.26. The van der Waals surface area contributed by atoms with E-state index in [1.165, 1.54) is 6.07 Å². The summed E-state index contributed by atoms with van der Waals surface area (Å²) in [5, 5.41) is 0. The zero-order valence-electron chi connectivity index (χ0n) is 12.0. The standard InChI is InChI=1S/C15H20F4N2/c1-21(14-4-2-13(20)3-5-14)9-10-6-11(15(17,18)19)8-12(16)7-10/h6-8,13-14H,2-5,9,20H2,1H3. The summed E-state index contributed by atoms with van der Waals surface area (Å²) in [5.41, 5.74) is 5.26. The normalized spacial score (nSPS) is 23.6. The second kappa shape index (κ2) is 6.32. The van der Waals surface area contributed by atoms with Gasteiger partial charge in [-0.3, -0.25) is 4.90 Å². The Morgan fingerprint density at radius 2 is 1.76 bits per heavy atom. The number of halogens is 4. The molecule has 0 aromatic heterocycles. The monoisotopic (exact) mass is 304 g/mol. The lowest BCUT2D eigenvalue weighted by Crippen LogP contribution is -2.38. The molecule has 1 aromatic rings. The van der Waals surface area contributed by atoms with Gasteiger partial charge >= 0.3 is 6.18 Å². The molecule has 1 aromatic carbocycles. The summed E-state index contributed by atoms with van der Waals surface area (Å²) in [6.07, 6.45) is -0.816. The highest BCUT2D eigenvalue weighted by Gasteiger charge is 2.31. The molecule has 21 heavy (non-hydrogen) atoms. The van der Waals surface area contributed by atoms with Crippen molar-refractivity contribution in [1.29, 1.82) is 0 Å². The molecule has 1 fully saturated rings. The quantitative estimate of drug-likeness (QED) is 0.865. The molecule has 0 atom stereocenters. The predicted molar refractivity (Wildman–Crippen MR) is 73.1 cm³/mol. The number of alkyl halides is 3. The van der Waals surface area contributed by atoms with Crippen LogP contribution in [0.3, 0.4) is 0 Å². The SMILES string of the molecule is CN(Cc1cc(F)cc(C(F)(F)F)c1)C1CCC(N)CC1. The van der Waals surface area contributed by atoms with E-state index < -0.39 is 17.6 Å². The first-order chi connectivity index (χ1) is 9.75. The van der Waals surface area contributed by atoms with Crippen LogP contribution < -0.4 is 5.73 Å². The van der Waals surface area contributed by atoms with Crippen LogP contribution in [0.1, 0.15) is 36.8 Å². The lowest BCUT2D eigenvalue weighted by Gasteiger charge is -2.33. The number of nitrogens with zero attached hydrogens (tertiary/aromatic N) is 1. The summed E-state index contributed by atoms with van der Waals surface area (Å²) in [5.74, 6) is -0.848. The molecular formula is C15H20F4N2. The average molecular weight is 304 g/mol. The molecule has 1 saturated carbocycles. The second-order valence-corrected chi connectivity index (χ2v) is 5.83. The molecule has 2 rings (SSSR count). The third kappa shape index (κ3) is 4.41. The van der Waals surface area contributed by atoms with Crippen LogP contribution in [0.4, 0.5) is 17.6 Å². The molecular weight excluding hydrogens is 284 g/mol. The zero-order chi connectivity index (χ0) is 15.6. The highest BCUT2D eigenvalue weighted by Crippen LogP contribution is 2.31. The van der Waals surface area contributed by atoms with Crippen molar-refractivity contribution in [3.63, 3.8) is 0 Å². The molecule has 1 aliphatic rings. The zero-order valence-corrected chi connectivity index (χ0v) is 12.0. The van der Waals surface area contributed by atoms with Crippen molar-refractivity contribution in [3.05, 3.63) is 35.1 Å². The fourth-order valence-corrected chi connectivity index (χ4v) is 2.86. The first-order valence-electron chi connectivity index (χ1n) is 7.08. The molecule has 0 saturated heterocycles. The van der Waals surface area contributed by atoms with Crippen LogP contribution >= 0.6 is 0 Å². The minimum absolute atomic E-state index is 0.223. The molecule has 0 unspecified atom stereocenters. The fourth-order valence-electron chi connectivity index (χ4n) is 2.86. The minimum atomic E-state index is -4.52. The predicted octanol–water partition coefficient (Wildman–Crippen LogP) is 3.55. The molecule has 0 heterocycles. The maximum atomic E-state index is 13.4. The molecule has 0 radical (unpaired) electrons. The van der Waals surface area contributed by atoms with Crippen LogP contribution in [0, 0.1) is 5.82 Å². The molecule has 0 spiro atoms. The van der Waals surface area contributed by atoms with Crippen LogP contribution in [0.15, 0.2) is 18.2 Å². The van der Waals surface area contributed by atoms with Gasteiger partial charge in [0.05, 0.1) is 5.56 Å². The van der Waals surface area contributed by atoms with Crippen molar-refractivity contribution in [2.45, 2.75) is 50.5 Å². The van der Waals surface area contributed by atoms with E-state index in [1.807, 2.05) is 11.9 Å². The summed E-state index contributed by atoms with van der Waals surface area (Å²) in [6, 6.07) is 3.24. The Balaban J connectivity index is 2.07. The van der Waals surface area contributed by atoms with Gasteiger partial charge in [0.2, 0.25) is 0 Å². The second-order valence-electron chi connectivity index (χ2n) is 5.83. The molecule has 2 nitrogen and oxygen atoms in total. The molecule has 0 bridgehead atoms. The molecule has 0 aliphatic heterocycles. The van der Waals surface area contributed by atoms with Gasteiger partial charge in [-0.15, -0.1) is 0 Å². The van der Waals surface area contributed by atoms with Crippen molar-refractivity contribution in [1.82, 2.24) is 4.90 Å². The first-order valence-corrected chi connectivity index (χ1v) is 7.08. The lowest BCUT2D eigenvalue weighted by molar-refractivity contribution is -0.137. The maximum absolute atomic E-state index is 13.4. The Bertz CT molecular complexity index is 479. The number of rotatable bonds is 3. The summed E-state index contributed by atoms with van der Waals surface area (Å²) in [7, 11) is 1.86. The largest absolute Gasteiger partial charge is 0.416 e. The molecule has 0 amide bonds. The van der Waals surface area contributed by atoms with Crippen LogP contribution in [-0.4, -0.2) is 24.0 Å². The van der Waals surface area contributed by atoms with E-state index >= 15 is 0 Å². The van der Waals surface area contributed by atoms with E-state index in [0.717, 1.165) is 31.7 Å². The Labute approximate surface area is 121 Å². The Hall–Kier alpha value is -1.14.